The van der Waals surface area contributed by atoms with Crippen LogP contribution in [0.15, 0.2) is 70.6 Å². The molecule has 0 amide bonds. The number of nitrogens with zero attached hydrogens (tertiary/aromatic N) is 4. The van der Waals surface area contributed by atoms with Crippen molar-refractivity contribution in [1.82, 2.24) is 19.7 Å². The van der Waals surface area contributed by atoms with Crippen LogP contribution in [0.1, 0.15) is 28.4 Å². The third-order valence-electron chi connectivity index (χ3n) is 4.48. The van der Waals surface area contributed by atoms with E-state index in [0.717, 1.165) is 10.8 Å². The Kier molecular flexibility index (Phi) is 5.07. The molecular formula is C21H20N4OS. The van der Waals surface area contributed by atoms with E-state index >= 15 is 0 Å². The first-order chi connectivity index (χ1) is 13.2. The lowest BCUT2D eigenvalue weighted by atomic mass is 10.1. The van der Waals surface area contributed by atoms with Crippen molar-refractivity contribution in [3.63, 3.8) is 0 Å². The summed E-state index contributed by atoms with van der Waals surface area (Å²) in [7, 11) is 0. The van der Waals surface area contributed by atoms with Crippen LogP contribution in [0, 0.1) is 13.8 Å². The fourth-order valence-electron chi connectivity index (χ4n) is 2.90. The van der Waals surface area contributed by atoms with Crippen LogP contribution in [0.4, 0.5) is 0 Å². The van der Waals surface area contributed by atoms with E-state index in [1.165, 1.54) is 16.7 Å². The van der Waals surface area contributed by atoms with Crippen molar-refractivity contribution >= 4 is 11.8 Å². The number of hydrogen-bond acceptors (Lipinski definition) is 5. The summed E-state index contributed by atoms with van der Waals surface area (Å²) in [6.45, 7) is 4.25. The van der Waals surface area contributed by atoms with Crippen molar-refractivity contribution in [1.29, 1.82) is 0 Å². The lowest BCUT2D eigenvalue weighted by molar-refractivity contribution is 0.385. The Morgan fingerprint density at radius 2 is 1.89 bits per heavy atom. The molecule has 2 aromatic carbocycles. The molecule has 6 heteroatoms. The van der Waals surface area contributed by atoms with Gasteiger partial charge in [0.2, 0.25) is 5.89 Å². The highest BCUT2D eigenvalue weighted by Gasteiger charge is 2.12. The van der Waals surface area contributed by atoms with Gasteiger partial charge < -0.3 is 4.52 Å². The van der Waals surface area contributed by atoms with Gasteiger partial charge in [0.15, 0.2) is 11.0 Å². The first-order valence-corrected chi connectivity index (χ1v) is 9.77. The summed E-state index contributed by atoms with van der Waals surface area (Å²) < 4.78 is 7.51. The molecule has 5 nitrogen and oxygen atoms in total. The fourth-order valence-corrected chi connectivity index (χ4v) is 3.71. The number of hydrogen-bond donors (Lipinski definition) is 0. The summed E-state index contributed by atoms with van der Waals surface area (Å²) in [6, 6.07) is 16.4. The second-order valence-electron chi connectivity index (χ2n) is 6.35. The van der Waals surface area contributed by atoms with Gasteiger partial charge in [-0.1, -0.05) is 59.4 Å². The molecule has 136 valence electrons. The molecular weight excluding hydrogens is 356 g/mol. The van der Waals surface area contributed by atoms with E-state index in [1.54, 1.807) is 11.8 Å². The summed E-state index contributed by atoms with van der Waals surface area (Å²) in [5.74, 6) is 1.90. The van der Waals surface area contributed by atoms with E-state index < -0.39 is 0 Å². The summed E-state index contributed by atoms with van der Waals surface area (Å²) in [4.78, 5) is 8.99. The Labute approximate surface area is 162 Å². The number of thioether (sulfide) groups is 1. The largest absolute Gasteiger partial charge is 0.338 e. The first-order valence-electron chi connectivity index (χ1n) is 8.79. The Morgan fingerprint density at radius 1 is 1.04 bits per heavy atom. The molecule has 0 saturated carbocycles. The van der Waals surface area contributed by atoms with Gasteiger partial charge in [0, 0.05) is 18.8 Å². The fraction of sp³-hybridized carbons (Fsp3) is 0.190. The minimum atomic E-state index is 0.587. The van der Waals surface area contributed by atoms with E-state index in [-0.39, 0.29) is 0 Å². The average molecular weight is 376 g/mol. The maximum absolute atomic E-state index is 5.40. The maximum atomic E-state index is 5.40. The molecule has 0 atom stereocenters. The number of rotatable bonds is 6. The predicted molar refractivity (Wildman–Crippen MR) is 106 cm³/mol. The number of imidazole rings is 1. The quantitative estimate of drug-likeness (QED) is 0.454. The van der Waals surface area contributed by atoms with Gasteiger partial charge in [0.1, 0.15) is 0 Å². The average Bonchev–Trinajstić information content (AvgIpc) is 3.32. The molecule has 4 rings (SSSR count). The second-order valence-corrected chi connectivity index (χ2v) is 7.30. The van der Waals surface area contributed by atoms with Gasteiger partial charge in [-0.3, -0.25) is 4.57 Å². The smallest absolute Gasteiger partial charge is 0.237 e. The Bertz CT molecular complexity index is 1040. The molecule has 27 heavy (non-hydrogen) atoms. The van der Waals surface area contributed by atoms with Crippen molar-refractivity contribution < 1.29 is 4.52 Å². The molecule has 0 saturated heterocycles. The molecule has 0 radical (unpaired) electrons. The van der Waals surface area contributed by atoms with Crippen molar-refractivity contribution in [3.05, 3.63) is 89.3 Å². The highest BCUT2D eigenvalue weighted by molar-refractivity contribution is 7.98. The van der Waals surface area contributed by atoms with E-state index in [1.807, 2.05) is 30.6 Å². The number of benzene rings is 2. The van der Waals surface area contributed by atoms with Crippen molar-refractivity contribution in [2.24, 2.45) is 0 Å². The Morgan fingerprint density at radius 3 is 2.74 bits per heavy atom. The van der Waals surface area contributed by atoms with Crippen molar-refractivity contribution in [3.8, 4) is 5.69 Å². The molecule has 0 spiro atoms. The van der Waals surface area contributed by atoms with E-state index in [9.17, 15) is 0 Å². The molecule has 0 aliphatic heterocycles. The summed E-state index contributed by atoms with van der Waals surface area (Å²) in [5.41, 5.74) is 4.83. The van der Waals surface area contributed by atoms with Crippen LogP contribution in [0.25, 0.3) is 5.69 Å². The SMILES string of the molecule is Cc1cccc(-n2ccnc2SCc2nc(Cc3ccccc3)no2)c1C. The van der Waals surface area contributed by atoms with Crippen LogP contribution >= 0.6 is 11.8 Å². The molecule has 2 heterocycles. The lowest BCUT2D eigenvalue weighted by Crippen LogP contribution is -1.99. The van der Waals surface area contributed by atoms with Gasteiger partial charge in [-0.25, -0.2) is 4.98 Å². The topological polar surface area (TPSA) is 56.7 Å². The molecule has 0 N–H and O–H groups in total. The zero-order chi connectivity index (χ0) is 18.6. The third-order valence-corrected chi connectivity index (χ3v) is 5.43. The van der Waals surface area contributed by atoms with Gasteiger partial charge in [0.25, 0.3) is 0 Å². The summed E-state index contributed by atoms with van der Waals surface area (Å²) in [5, 5.41) is 5.00. The standard InChI is InChI=1S/C21H20N4OS/c1-15-7-6-10-18(16(15)2)25-12-11-22-21(25)27-14-20-23-19(24-26-20)13-17-8-4-3-5-9-17/h3-12H,13-14H2,1-2H3. The van der Waals surface area contributed by atoms with Crippen LogP contribution in [0.2, 0.25) is 0 Å². The maximum Gasteiger partial charge on any atom is 0.237 e. The molecule has 0 bridgehead atoms. The normalized spacial score (nSPS) is 11.0. The highest BCUT2D eigenvalue weighted by Crippen LogP contribution is 2.26. The Hall–Kier alpha value is -2.86. The van der Waals surface area contributed by atoms with E-state index in [4.69, 9.17) is 4.52 Å². The van der Waals surface area contributed by atoms with Crippen LogP contribution in [0.3, 0.4) is 0 Å². The summed E-state index contributed by atoms with van der Waals surface area (Å²) in [6.07, 6.45) is 4.48. The van der Waals surface area contributed by atoms with E-state index in [0.29, 0.717) is 23.9 Å². The minimum Gasteiger partial charge on any atom is -0.338 e. The first kappa shape index (κ1) is 17.5. The van der Waals surface area contributed by atoms with Crippen molar-refractivity contribution in [2.45, 2.75) is 31.2 Å². The number of aryl methyl sites for hydroxylation is 1. The third kappa shape index (κ3) is 3.95. The van der Waals surface area contributed by atoms with Crippen LogP contribution < -0.4 is 0 Å². The molecule has 2 aromatic heterocycles. The Balaban J connectivity index is 1.46. The molecule has 4 aromatic rings. The van der Waals surface area contributed by atoms with Gasteiger partial charge in [-0.2, -0.15) is 4.98 Å². The van der Waals surface area contributed by atoms with Crippen LogP contribution in [-0.2, 0) is 12.2 Å². The van der Waals surface area contributed by atoms with Crippen LogP contribution in [0.5, 0.6) is 0 Å². The van der Waals surface area contributed by atoms with Gasteiger partial charge in [0.05, 0.1) is 11.4 Å². The predicted octanol–water partition coefficient (Wildman–Crippen LogP) is 4.76. The van der Waals surface area contributed by atoms with Gasteiger partial charge in [-0.05, 0) is 36.6 Å². The molecule has 0 aliphatic carbocycles. The van der Waals surface area contributed by atoms with Crippen molar-refractivity contribution in [2.75, 3.05) is 0 Å². The second kappa shape index (κ2) is 7.80. The van der Waals surface area contributed by atoms with E-state index in [2.05, 4.69) is 63.9 Å². The summed E-state index contributed by atoms with van der Waals surface area (Å²) >= 11 is 1.59. The zero-order valence-corrected chi connectivity index (χ0v) is 16.1. The number of aromatic nitrogens is 4. The van der Waals surface area contributed by atoms with Gasteiger partial charge >= 0.3 is 0 Å². The van der Waals surface area contributed by atoms with Gasteiger partial charge in [-0.15, -0.1) is 0 Å². The zero-order valence-electron chi connectivity index (χ0n) is 15.3. The minimum absolute atomic E-state index is 0.587. The molecule has 0 aliphatic rings. The van der Waals surface area contributed by atoms with Crippen LogP contribution in [-0.4, -0.2) is 19.7 Å². The monoisotopic (exact) mass is 376 g/mol. The highest BCUT2D eigenvalue weighted by atomic mass is 32.2. The molecule has 0 unspecified atom stereocenters. The lowest BCUT2D eigenvalue weighted by Gasteiger charge is -2.11. The molecule has 0 fully saturated rings.